The van der Waals surface area contributed by atoms with E-state index in [1.807, 2.05) is 0 Å². The molecule has 1 aromatic carbocycles. The average Bonchev–Trinajstić information content (AvgIpc) is 2.89. The van der Waals surface area contributed by atoms with Gasteiger partial charge in [-0.2, -0.15) is 0 Å². The second-order valence-corrected chi connectivity index (χ2v) is 8.30. The molecular weight excluding hydrogens is 516 g/mol. The Hall–Kier alpha value is -4.69. The average molecular weight is 551 g/mol. The van der Waals surface area contributed by atoms with Crippen LogP contribution >= 0.6 is 0 Å². The molecule has 0 fully saturated rings. The summed E-state index contributed by atoms with van der Waals surface area (Å²) in [6.07, 6.45) is -1.21. The summed E-state index contributed by atoms with van der Waals surface area (Å²) < 4.78 is 9.46. The Morgan fingerprint density at radius 1 is 1.03 bits per heavy atom. The molecule has 0 bridgehead atoms. The highest BCUT2D eigenvalue weighted by atomic mass is 16.7. The minimum atomic E-state index is -1.66. The highest BCUT2D eigenvalue weighted by molar-refractivity contribution is 5.93. The second kappa shape index (κ2) is 17.7. The van der Waals surface area contributed by atoms with Crippen LogP contribution in [0.25, 0.3) is 0 Å². The molecule has 1 rings (SSSR count). The fourth-order valence-corrected chi connectivity index (χ4v) is 3.26. The van der Waals surface area contributed by atoms with Crippen LogP contribution in [0.15, 0.2) is 29.3 Å². The molecule has 39 heavy (non-hydrogen) atoms. The number of carbonyl (C=O) groups is 6. The number of ether oxygens (including phenoxy) is 2. The molecule has 0 radical (unpaired) electrons. The van der Waals surface area contributed by atoms with Crippen LogP contribution in [0, 0.1) is 0 Å². The summed E-state index contributed by atoms with van der Waals surface area (Å²) in [5.74, 6) is -1.93. The van der Waals surface area contributed by atoms with Crippen molar-refractivity contribution in [2.24, 2.45) is 22.2 Å². The number of guanidine groups is 1. The number of benzene rings is 1. The van der Waals surface area contributed by atoms with Gasteiger partial charge in [-0.05, 0) is 43.4 Å². The van der Waals surface area contributed by atoms with Crippen molar-refractivity contribution in [3.05, 3.63) is 35.4 Å². The van der Waals surface area contributed by atoms with E-state index in [0.717, 1.165) is 5.56 Å². The van der Waals surface area contributed by atoms with E-state index >= 15 is 0 Å². The number of primary amides is 1. The third-order valence-corrected chi connectivity index (χ3v) is 5.19. The smallest absolute Gasteiger partial charge is 0.450 e. The van der Waals surface area contributed by atoms with Gasteiger partial charge in [-0.15, -0.1) is 0 Å². The topological polar surface area (TPSA) is 256 Å². The summed E-state index contributed by atoms with van der Waals surface area (Å²) in [4.78, 5) is 73.9. The van der Waals surface area contributed by atoms with Gasteiger partial charge in [0, 0.05) is 24.9 Å². The van der Waals surface area contributed by atoms with E-state index in [9.17, 15) is 28.8 Å². The van der Waals surface area contributed by atoms with Crippen molar-refractivity contribution in [3.8, 4) is 0 Å². The van der Waals surface area contributed by atoms with E-state index in [1.165, 1.54) is 0 Å². The number of carbonyl (C=O) groups excluding carboxylic acids is 5. The molecule has 0 aliphatic carbocycles. The molecule has 214 valence electrons. The van der Waals surface area contributed by atoms with Crippen LogP contribution in [0.3, 0.4) is 0 Å². The third-order valence-electron chi connectivity index (χ3n) is 5.19. The number of carboxylic acid groups (broad SMARTS) is 1. The van der Waals surface area contributed by atoms with Gasteiger partial charge in [0.15, 0.2) is 11.7 Å². The van der Waals surface area contributed by atoms with Gasteiger partial charge < -0.3 is 47.2 Å². The van der Waals surface area contributed by atoms with E-state index in [0.29, 0.717) is 31.1 Å². The number of aldehydes is 1. The van der Waals surface area contributed by atoms with Crippen molar-refractivity contribution in [3.63, 3.8) is 0 Å². The number of hydrogen-bond acceptors (Lipinski definition) is 9. The summed E-state index contributed by atoms with van der Waals surface area (Å²) in [7, 11) is 0. The molecule has 0 aliphatic heterocycles. The predicted molar refractivity (Wildman–Crippen MR) is 138 cm³/mol. The largest absolute Gasteiger partial charge is 0.505 e. The van der Waals surface area contributed by atoms with Gasteiger partial charge in [0.1, 0.15) is 18.9 Å². The number of Topliss-reactive ketones (excluding diaryl/α,β-unsaturated/α-hetero) is 1. The quantitative estimate of drug-likeness (QED) is 0.0450. The van der Waals surface area contributed by atoms with Crippen LogP contribution in [0.5, 0.6) is 0 Å². The zero-order chi connectivity index (χ0) is 29.2. The van der Waals surface area contributed by atoms with Crippen LogP contribution in [-0.4, -0.2) is 79.0 Å². The Labute approximate surface area is 224 Å². The standard InChI is InChI=1S/C24H34N6O9/c25-21(34)16-6-1-4-15(12-16)5-3-11-38-23(35)30-18(14-39-24(36)37)19(32)8-9-20(33)29-17(13-31)7-2-10-28-22(26)27/h1,4,6,12-13,17-18H,2-3,5,7-11,14H2,(H2,25,34)(H,29,33)(H,30,35)(H,36,37)(H4,26,27,28)/t17-,18-/m0/s1. The molecule has 0 aliphatic rings. The van der Waals surface area contributed by atoms with E-state index in [-0.39, 0.29) is 38.4 Å². The molecule has 15 nitrogen and oxygen atoms in total. The summed E-state index contributed by atoms with van der Waals surface area (Å²) in [5, 5.41) is 13.4. The van der Waals surface area contributed by atoms with E-state index in [1.54, 1.807) is 24.3 Å². The molecular formula is C24H34N6O9. The molecule has 0 saturated heterocycles. The maximum absolute atomic E-state index is 12.6. The zero-order valence-electron chi connectivity index (χ0n) is 21.3. The number of alkyl carbamates (subject to hydrolysis) is 1. The lowest BCUT2D eigenvalue weighted by Gasteiger charge is -2.17. The van der Waals surface area contributed by atoms with Crippen LogP contribution in [0.2, 0.25) is 0 Å². The molecule has 9 N–H and O–H groups in total. The maximum atomic E-state index is 12.6. The first kappa shape index (κ1) is 32.3. The summed E-state index contributed by atoms with van der Waals surface area (Å²) in [6.45, 7) is -0.449. The number of ketones is 1. The lowest BCUT2D eigenvalue weighted by molar-refractivity contribution is -0.128. The zero-order valence-corrected chi connectivity index (χ0v) is 21.3. The van der Waals surface area contributed by atoms with Crippen molar-refractivity contribution >= 4 is 42.1 Å². The van der Waals surface area contributed by atoms with Gasteiger partial charge in [-0.3, -0.25) is 19.4 Å². The fraction of sp³-hybridized carbons (Fsp3) is 0.458. The number of hydrogen-bond donors (Lipinski definition) is 6. The maximum Gasteiger partial charge on any atom is 0.505 e. The Morgan fingerprint density at radius 3 is 2.41 bits per heavy atom. The minimum absolute atomic E-state index is 0.0357. The summed E-state index contributed by atoms with van der Waals surface area (Å²) >= 11 is 0. The van der Waals surface area contributed by atoms with Crippen molar-refractivity contribution < 1.29 is 43.3 Å². The van der Waals surface area contributed by atoms with Gasteiger partial charge in [-0.1, -0.05) is 12.1 Å². The fourth-order valence-electron chi connectivity index (χ4n) is 3.26. The van der Waals surface area contributed by atoms with Crippen molar-refractivity contribution in [2.45, 2.75) is 50.6 Å². The molecule has 3 amide bonds. The Bertz CT molecular complexity index is 1040. The van der Waals surface area contributed by atoms with Crippen LogP contribution in [-0.2, 0) is 30.3 Å². The normalized spacial score (nSPS) is 11.8. The third kappa shape index (κ3) is 14.6. The number of nitrogens with zero attached hydrogens (tertiary/aromatic N) is 1. The van der Waals surface area contributed by atoms with Crippen molar-refractivity contribution in [1.82, 2.24) is 10.6 Å². The highest BCUT2D eigenvalue weighted by Crippen LogP contribution is 2.08. The van der Waals surface area contributed by atoms with Gasteiger partial charge in [0.05, 0.1) is 12.6 Å². The number of rotatable bonds is 18. The molecule has 0 unspecified atom stereocenters. The van der Waals surface area contributed by atoms with E-state index < -0.39 is 48.5 Å². The molecule has 0 saturated carbocycles. The van der Waals surface area contributed by atoms with Crippen molar-refractivity contribution in [1.29, 1.82) is 0 Å². The summed E-state index contributed by atoms with van der Waals surface area (Å²) in [6, 6.07) is 4.46. The Balaban J connectivity index is 2.52. The van der Waals surface area contributed by atoms with Crippen LogP contribution < -0.4 is 27.8 Å². The molecule has 2 atom stereocenters. The van der Waals surface area contributed by atoms with Crippen molar-refractivity contribution in [2.75, 3.05) is 19.8 Å². The lowest BCUT2D eigenvalue weighted by Crippen LogP contribution is -2.45. The van der Waals surface area contributed by atoms with Gasteiger partial charge in [-0.25, -0.2) is 9.59 Å². The number of aryl methyl sites for hydroxylation is 1. The first-order chi connectivity index (χ1) is 18.5. The first-order valence-corrected chi connectivity index (χ1v) is 12.0. The Kier molecular flexibility index (Phi) is 14.7. The van der Waals surface area contributed by atoms with E-state index in [4.69, 9.17) is 27.0 Å². The highest BCUT2D eigenvalue weighted by Gasteiger charge is 2.24. The lowest BCUT2D eigenvalue weighted by atomic mass is 10.1. The van der Waals surface area contributed by atoms with Gasteiger partial charge in [0.25, 0.3) is 0 Å². The predicted octanol–water partition coefficient (Wildman–Crippen LogP) is -0.406. The first-order valence-electron chi connectivity index (χ1n) is 12.0. The second-order valence-electron chi connectivity index (χ2n) is 8.30. The number of aliphatic imine (C=N–C) groups is 1. The monoisotopic (exact) mass is 550 g/mol. The van der Waals surface area contributed by atoms with E-state index in [2.05, 4.69) is 20.4 Å². The number of amides is 3. The SMILES string of the molecule is NC(=O)c1cccc(CCCOC(=O)N[C@@H](COC(=O)O)C(=O)CCC(=O)N[C@H](C=O)CCCN=C(N)N)c1. The molecule has 15 heteroatoms. The number of nitrogens with one attached hydrogen (secondary N) is 2. The Morgan fingerprint density at radius 2 is 1.77 bits per heavy atom. The van der Waals surface area contributed by atoms with Gasteiger partial charge in [0.2, 0.25) is 11.8 Å². The number of nitrogens with two attached hydrogens (primary N) is 3. The molecule has 1 aromatic rings. The molecule has 0 aromatic heterocycles. The minimum Gasteiger partial charge on any atom is -0.450 e. The molecule has 0 spiro atoms. The van der Waals surface area contributed by atoms with Crippen LogP contribution in [0.1, 0.15) is 48.0 Å². The van der Waals surface area contributed by atoms with Gasteiger partial charge >= 0.3 is 12.2 Å². The summed E-state index contributed by atoms with van der Waals surface area (Å²) in [5.41, 5.74) is 16.8. The molecule has 0 heterocycles. The van der Waals surface area contributed by atoms with Crippen LogP contribution in [0.4, 0.5) is 9.59 Å².